The summed E-state index contributed by atoms with van der Waals surface area (Å²) in [7, 11) is 0. The topological polar surface area (TPSA) is 56.0 Å². The van der Waals surface area contributed by atoms with E-state index in [-0.39, 0.29) is 5.78 Å². The lowest BCUT2D eigenvalue weighted by Crippen LogP contribution is -2.03. The Morgan fingerprint density at radius 1 is 1.75 bits per heavy atom. The average molecular weight is 229 g/mol. The van der Waals surface area contributed by atoms with Crippen LogP contribution in [-0.2, 0) is 11.2 Å². The molecular weight excluding hydrogens is 220 g/mol. The molecule has 12 heavy (non-hydrogen) atoms. The van der Waals surface area contributed by atoms with Crippen molar-refractivity contribution in [3.8, 4) is 0 Å². The second kappa shape index (κ2) is 3.67. The normalized spacial score (nSPS) is 9.83. The number of carbonyl (C=O) groups excluding carboxylic acids is 1. The van der Waals surface area contributed by atoms with Crippen LogP contribution in [0.25, 0.3) is 0 Å². The molecule has 64 valence electrons. The first-order chi connectivity index (χ1) is 5.59. The maximum absolute atomic E-state index is 10.7. The second-order valence-corrected chi connectivity index (χ2v) is 3.48. The van der Waals surface area contributed by atoms with Crippen molar-refractivity contribution in [2.45, 2.75) is 13.3 Å². The molecule has 0 aromatic carbocycles. The number of carbonyl (C=O) groups is 1. The van der Waals surface area contributed by atoms with Crippen molar-refractivity contribution in [3.63, 3.8) is 0 Å². The number of rotatable bonds is 2. The zero-order valence-electron chi connectivity index (χ0n) is 6.67. The van der Waals surface area contributed by atoms with Crippen LogP contribution in [0.15, 0.2) is 16.7 Å². The summed E-state index contributed by atoms with van der Waals surface area (Å²) in [6.45, 7) is 1.52. The number of hydrogen-bond donors (Lipinski definition) is 1. The molecule has 1 aromatic heterocycles. The number of nitrogens with two attached hydrogens (primary N) is 1. The molecule has 1 aromatic rings. The molecule has 0 saturated heterocycles. The van der Waals surface area contributed by atoms with Crippen molar-refractivity contribution in [2.75, 3.05) is 5.73 Å². The lowest BCUT2D eigenvalue weighted by atomic mass is 10.2. The van der Waals surface area contributed by atoms with Crippen LogP contribution in [0.5, 0.6) is 0 Å². The molecule has 0 saturated carbocycles. The van der Waals surface area contributed by atoms with E-state index in [1.54, 1.807) is 12.3 Å². The van der Waals surface area contributed by atoms with Crippen molar-refractivity contribution in [3.05, 3.63) is 22.4 Å². The van der Waals surface area contributed by atoms with Crippen LogP contribution in [0, 0.1) is 0 Å². The van der Waals surface area contributed by atoms with E-state index in [1.807, 2.05) is 0 Å². The number of nitrogens with zero attached hydrogens (tertiary/aromatic N) is 1. The minimum atomic E-state index is 0.0662. The van der Waals surface area contributed by atoms with Crippen LogP contribution in [0.3, 0.4) is 0 Å². The van der Waals surface area contributed by atoms with Gasteiger partial charge < -0.3 is 5.73 Å². The molecule has 4 heteroatoms. The minimum absolute atomic E-state index is 0.0662. The molecule has 0 aliphatic rings. The molecule has 1 rings (SSSR count). The van der Waals surface area contributed by atoms with Crippen LogP contribution >= 0.6 is 15.9 Å². The summed E-state index contributed by atoms with van der Waals surface area (Å²) in [5.41, 5.74) is 6.82. The van der Waals surface area contributed by atoms with E-state index in [4.69, 9.17) is 5.73 Å². The Balaban J connectivity index is 2.93. The number of hydrogen-bond acceptors (Lipinski definition) is 3. The lowest BCUT2D eigenvalue weighted by molar-refractivity contribution is -0.116. The predicted octanol–water partition coefficient (Wildman–Crippen LogP) is 1.56. The molecule has 2 N–H and O–H groups in total. The van der Waals surface area contributed by atoms with Gasteiger partial charge in [-0.05, 0) is 28.9 Å². The standard InChI is InChI=1S/C8H9BrN2O/c1-5(12)2-8-7(10)3-6(9)4-11-8/h3-4H,2,10H2,1H3. The lowest BCUT2D eigenvalue weighted by Gasteiger charge is -2.01. The van der Waals surface area contributed by atoms with Gasteiger partial charge in [0.15, 0.2) is 0 Å². The Labute approximate surface area is 79.1 Å². The van der Waals surface area contributed by atoms with Gasteiger partial charge in [0.25, 0.3) is 0 Å². The first kappa shape index (κ1) is 9.19. The van der Waals surface area contributed by atoms with E-state index < -0.39 is 0 Å². The van der Waals surface area contributed by atoms with Gasteiger partial charge >= 0.3 is 0 Å². The fraction of sp³-hybridized carbons (Fsp3) is 0.250. The van der Waals surface area contributed by atoms with Gasteiger partial charge in [-0.25, -0.2) is 0 Å². The number of Topliss-reactive ketones (excluding diaryl/α,β-unsaturated/α-hetero) is 1. The molecule has 1 heterocycles. The molecule has 0 unspecified atom stereocenters. The second-order valence-electron chi connectivity index (χ2n) is 2.57. The Morgan fingerprint density at radius 3 is 2.92 bits per heavy atom. The Kier molecular flexibility index (Phi) is 2.81. The molecule has 0 aliphatic heterocycles. The third-order valence-corrected chi connectivity index (χ3v) is 1.82. The predicted molar refractivity (Wildman–Crippen MR) is 50.7 cm³/mol. The van der Waals surface area contributed by atoms with Gasteiger partial charge in [-0.3, -0.25) is 9.78 Å². The first-order valence-corrected chi connectivity index (χ1v) is 4.28. The maximum atomic E-state index is 10.7. The summed E-state index contributed by atoms with van der Waals surface area (Å²) in [5.74, 6) is 0.0662. The summed E-state index contributed by atoms with van der Waals surface area (Å²) in [6.07, 6.45) is 1.94. The molecular formula is C8H9BrN2O. The largest absolute Gasteiger partial charge is 0.397 e. The maximum Gasteiger partial charge on any atom is 0.135 e. The minimum Gasteiger partial charge on any atom is -0.397 e. The summed E-state index contributed by atoms with van der Waals surface area (Å²) >= 11 is 3.24. The van der Waals surface area contributed by atoms with E-state index in [0.29, 0.717) is 17.8 Å². The van der Waals surface area contributed by atoms with Crippen LogP contribution < -0.4 is 5.73 Å². The quantitative estimate of drug-likeness (QED) is 0.837. The molecule has 0 amide bonds. The van der Waals surface area contributed by atoms with Crippen molar-refractivity contribution in [1.29, 1.82) is 0 Å². The molecule has 3 nitrogen and oxygen atoms in total. The number of ketones is 1. The van der Waals surface area contributed by atoms with Crippen molar-refractivity contribution in [2.24, 2.45) is 0 Å². The SMILES string of the molecule is CC(=O)Cc1ncc(Br)cc1N. The number of halogens is 1. The fourth-order valence-corrected chi connectivity index (χ4v) is 1.22. The summed E-state index contributed by atoms with van der Waals surface area (Å²) < 4.78 is 0.826. The number of nitrogen functional groups attached to an aromatic ring is 1. The first-order valence-electron chi connectivity index (χ1n) is 3.49. The van der Waals surface area contributed by atoms with Crippen LogP contribution in [0.2, 0.25) is 0 Å². The van der Waals surface area contributed by atoms with Crippen molar-refractivity contribution < 1.29 is 4.79 Å². The highest BCUT2D eigenvalue weighted by Crippen LogP contribution is 2.15. The Morgan fingerprint density at radius 2 is 2.42 bits per heavy atom. The molecule has 0 atom stereocenters. The monoisotopic (exact) mass is 228 g/mol. The summed E-state index contributed by atoms with van der Waals surface area (Å²) in [5, 5.41) is 0. The van der Waals surface area contributed by atoms with E-state index in [0.717, 1.165) is 4.47 Å². The number of pyridine rings is 1. The van der Waals surface area contributed by atoms with E-state index >= 15 is 0 Å². The van der Waals surface area contributed by atoms with Gasteiger partial charge in [-0.1, -0.05) is 0 Å². The van der Waals surface area contributed by atoms with Gasteiger partial charge in [0.2, 0.25) is 0 Å². The van der Waals surface area contributed by atoms with Gasteiger partial charge in [-0.2, -0.15) is 0 Å². The van der Waals surface area contributed by atoms with Crippen LogP contribution in [-0.4, -0.2) is 10.8 Å². The fourth-order valence-electron chi connectivity index (χ4n) is 0.867. The van der Waals surface area contributed by atoms with Crippen molar-refractivity contribution >= 4 is 27.4 Å². The number of aromatic nitrogens is 1. The summed E-state index contributed by atoms with van der Waals surface area (Å²) in [6, 6.07) is 1.74. The molecule has 0 spiro atoms. The van der Waals surface area contributed by atoms with Crippen LogP contribution in [0.4, 0.5) is 5.69 Å². The van der Waals surface area contributed by atoms with E-state index in [9.17, 15) is 4.79 Å². The highest BCUT2D eigenvalue weighted by atomic mass is 79.9. The highest BCUT2D eigenvalue weighted by Gasteiger charge is 2.03. The summed E-state index contributed by atoms with van der Waals surface area (Å²) in [4.78, 5) is 14.8. The number of anilines is 1. The van der Waals surface area contributed by atoms with Gasteiger partial charge in [0.1, 0.15) is 5.78 Å². The molecule has 0 aliphatic carbocycles. The third kappa shape index (κ3) is 2.30. The third-order valence-electron chi connectivity index (χ3n) is 1.39. The van der Waals surface area contributed by atoms with Gasteiger partial charge in [0, 0.05) is 10.7 Å². The van der Waals surface area contributed by atoms with Gasteiger partial charge in [-0.15, -0.1) is 0 Å². The zero-order chi connectivity index (χ0) is 9.14. The van der Waals surface area contributed by atoms with Crippen LogP contribution in [0.1, 0.15) is 12.6 Å². The molecule has 0 fully saturated rings. The van der Waals surface area contributed by atoms with E-state index in [2.05, 4.69) is 20.9 Å². The Hall–Kier alpha value is -0.900. The average Bonchev–Trinajstić information content (AvgIpc) is 1.94. The Bertz CT molecular complexity index is 312. The molecule has 0 radical (unpaired) electrons. The highest BCUT2D eigenvalue weighted by molar-refractivity contribution is 9.10. The zero-order valence-corrected chi connectivity index (χ0v) is 8.26. The van der Waals surface area contributed by atoms with Crippen molar-refractivity contribution in [1.82, 2.24) is 4.98 Å². The van der Waals surface area contributed by atoms with E-state index in [1.165, 1.54) is 6.92 Å². The van der Waals surface area contributed by atoms with Gasteiger partial charge in [0.05, 0.1) is 17.8 Å². The molecule has 0 bridgehead atoms. The smallest absolute Gasteiger partial charge is 0.135 e.